The van der Waals surface area contributed by atoms with E-state index in [0.717, 1.165) is 55.6 Å². The van der Waals surface area contributed by atoms with Crippen LogP contribution in [0.3, 0.4) is 0 Å². The van der Waals surface area contributed by atoms with Gasteiger partial charge in [0.05, 0.1) is 33.3 Å². The molecule has 0 aliphatic carbocycles. The third-order valence-corrected chi connectivity index (χ3v) is 13.8. The Hall–Kier alpha value is -9.12. The predicted octanol–water partition coefficient (Wildman–Crippen LogP) is 16.8. The molecule has 0 bridgehead atoms. The largest absolute Gasteiger partial charge is 0.309 e. The number of aromatic nitrogens is 4. The minimum absolute atomic E-state index is 0.693. The van der Waals surface area contributed by atoms with Gasteiger partial charge in [0.25, 0.3) is 0 Å². The van der Waals surface area contributed by atoms with Crippen LogP contribution in [0.25, 0.3) is 132 Å². The van der Waals surface area contributed by atoms with E-state index >= 15 is 0 Å². The molecule has 4 nitrogen and oxygen atoms in total. The van der Waals surface area contributed by atoms with E-state index in [1.54, 1.807) is 0 Å². The third kappa shape index (κ3) is 5.87. The minimum atomic E-state index is 0.693. The number of para-hydroxylation sites is 2. The predicted molar refractivity (Wildman–Crippen MR) is 285 cm³/mol. The standard InChI is InChI=1S/C64H40N4/c1-4-19-41(20-5-1)45-37-46(42-21-6-2-7-22-42)40-48(39-45)67-56-34-17-15-32-54(56)59-57(67)35-36-58-61(59)60-51-29-12-10-27-49(51)50-28-11-13-30-52(50)63(60)68(58)47-26-18-25-44(38-47)64-65-55-33-16-14-31-53(55)62(66-64)43-23-8-3-9-24-43/h1-40H. The molecule has 0 saturated heterocycles. The fraction of sp³-hybridized carbons (Fsp3) is 0. The molecule has 0 radical (unpaired) electrons. The molecular formula is C64H40N4. The fourth-order valence-electron chi connectivity index (χ4n) is 10.9. The Balaban J connectivity index is 1.09. The van der Waals surface area contributed by atoms with Crippen molar-refractivity contribution in [2.24, 2.45) is 0 Å². The van der Waals surface area contributed by atoms with E-state index in [0.29, 0.717) is 5.82 Å². The van der Waals surface area contributed by atoms with E-state index in [9.17, 15) is 0 Å². The second kappa shape index (κ2) is 15.2. The van der Waals surface area contributed by atoms with Crippen LogP contribution >= 0.6 is 0 Å². The molecule has 0 atom stereocenters. The highest BCUT2D eigenvalue weighted by molar-refractivity contribution is 6.38. The van der Waals surface area contributed by atoms with Gasteiger partial charge >= 0.3 is 0 Å². The molecule has 0 saturated carbocycles. The number of benzene rings is 11. The van der Waals surface area contributed by atoms with Crippen LogP contribution < -0.4 is 0 Å². The van der Waals surface area contributed by atoms with E-state index in [2.05, 4.69) is 246 Å². The van der Waals surface area contributed by atoms with Crippen molar-refractivity contribution in [2.75, 3.05) is 0 Å². The van der Waals surface area contributed by atoms with Gasteiger partial charge in [-0.15, -0.1) is 0 Å². The Labute approximate surface area is 392 Å². The average Bonchev–Trinajstić information content (AvgIpc) is 3.95. The van der Waals surface area contributed by atoms with Crippen LogP contribution in [-0.2, 0) is 0 Å². The molecule has 3 aromatic heterocycles. The average molecular weight is 865 g/mol. The van der Waals surface area contributed by atoms with Gasteiger partial charge in [0.1, 0.15) is 0 Å². The highest BCUT2D eigenvalue weighted by atomic mass is 15.0. The Bertz CT molecular complexity index is 4240. The van der Waals surface area contributed by atoms with Gasteiger partial charge in [-0.05, 0) is 93.0 Å². The first-order chi connectivity index (χ1) is 33.7. The van der Waals surface area contributed by atoms with E-state index in [1.807, 2.05) is 6.07 Å². The van der Waals surface area contributed by atoms with Gasteiger partial charge in [0.2, 0.25) is 0 Å². The van der Waals surface area contributed by atoms with Crippen molar-refractivity contribution in [2.45, 2.75) is 0 Å². The van der Waals surface area contributed by atoms with E-state index in [1.165, 1.54) is 70.9 Å². The molecule has 0 unspecified atom stereocenters. The van der Waals surface area contributed by atoms with Gasteiger partial charge in [-0.3, -0.25) is 0 Å². The first-order valence-electron chi connectivity index (χ1n) is 23.2. The summed E-state index contributed by atoms with van der Waals surface area (Å²) in [6, 6.07) is 87.6. The van der Waals surface area contributed by atoms with Crippen molar-refractivity contribution in [3.05, 3.63) is 243 Å². The molecule has 0 aliphatic rings. The zero-order valence-corrected chi connectivity index (χ0v) is 36.9. The summed E-state index contributed by atoms with van der Waals surface area (Å²) in [5.41, 5.74) is 15.4. The Kier molecular flexibility index (Phi) is 8.55. The highest BCUT2D eigenvalue weighted by Crippen LogP contribution is 2.48. The molecule has 3 heterocycles. The van der Waals surface area contributed by atoms with Crippen molar-refractivity contribution in [3.63, 3.8) is 0 Å². The summed E-state index contributed by atoms with van der Waals surface area (Å²) in [7, 11) is 0. The van der Waals surface area contributed by atoms with Gasteiger partial charge in [0, 0.05) is 54.8 Å². The molecule has 0 spiro atoms. The van der Waals surface area contributed by atoms with Crippen LogP contribution in [0.2, 0.25) is 0 Å². The Morgan fingerprint density at radius 2 is 0.779 bits per heavy atom. The smallest absolute Gasteiger partial charge is 0.160 e. The number of hydrogen-bond donors (Lipinski definition) is 0. The lowest BCUT2D eigenvalue weighted by atomic mass is 9.95. The Morgan fingerprint density at radius 1 is 0.265 bits per heavy atom. The first kappa shape index (κ1) is 38.2. The van der Waals surface area contributed by atoms with Gasteiger partial charge in [0.15, 0.2) is 5.82 Å². The molecular weight excluding hydrogens is 825 g/mol. The maximum absolute atomic E-state index is 5.31. The summed E-state index contributed by atoms with van der Waals surface area (Å²) in [4.78, 5) is 10.5. The fourth-order valence-corrected chi connectivity index (χ4v) is 10.9. The van der Waals surface area contributed by atoms with Crippen LogP contribution in [0.1, 0.15) is 0 Å². The lowest BCUT2D eigenvalue weighted by molar-refractivity contribution is 1.17. The van der Waals surface area contributed by atoms with Gasteiger partial charge in [-0.25, -0.2) is 9.97 Å². The van der Waals surface area contributed by atoms with Crippen molar-refractivity contribution in [1.82, 2.24) is 19.1 Å². The maximum Gasteiger partial charge on any atom is 0.160 e. The zero-order valence-electron chi connectivity index (χ0n) is 36.9. The van der Waals surface area contributed by atoms with Crippen molar-refractivity contribution < 1.29 is 0 Å². The summed E-state index contributed by atoms with van der Waals surface area (Å²) < 4.78 is 4.98. The number of rotatable bonds is 6. The van der Waals surface area contributed by atoms with Crippen LogP contribution in [-0.4, -0.2) is 19.1 Å². The lowest BCUT2D eigenvalue weighted by Crippen LogP contribution is -1.98. The number of fused-ring (bicyclic) bond motifs is 13. The quantitative estimate of drug-likeness (QED) is 0.156. The van der Waals surface area contributed by atoms with Crippen LogP contribution in [0.15, 0.2) is 243 Å². The minimum Gasteiger partial charge on any atom is -0.309 e. The number of nitrogens with zero attached hydrogens (tertiary/aromatic N) is 4. The second-order valence-electron chi connectivity index (χ2n) is 17.7. The first-order valence-corrected chi connectivity index (χ1v) is 23.2. The van der Waals surface area contributed by atoms with Crippen LogP contribution in [0.4, 0.5) is 0 Å². The molecule has 0 amide bonds. The highest BCUT2D eigenvalue weighted by Gasteiger charge is 2.25. The molecule has 68 heavy (non-hydrogen) atoms. The maximum atomic E-state index is 5.31. The molecule has 0 aliphatic heterocycles. The molecule has 0 fully saturated rings. The van der Waals surface area contributed by atoms with Gasteiger partial charge in [-0.1, -0.05) is 188 Å². The summed E-state index contributed by atoms with van der Waals surface area (Å²) in [5.74, 6) is 0.693. The van der Waals surface area contributed by atoms with Crippen molar-refractivity contribution in [3.8, 4) is 56.3 Å². The second-order valence-corrected chi connectivity index (χ2v) is 17.7. The monoisotopic (exact) mass is 864 g/mol. The number of hydrogen-bond acceptors (Lipinski definition) is 2. The van der Waals surface area contributed by atoms with Crippen LogP contribution in [0, 0.1) is 0 Å². The Morgan fingerprint density at radius 3 is 1.47 bits per heavy atom. The molecule has 0 N–H and O–H groups in total. The van der Waals surface area contributed by atoms with Crippen LogP contribution in [0.5, 0.6) is 0 Å². The SMILES string of the molecule is c1ccc(-c2cc(-c3ccccc3)cc(-n3c4ccccc4c4c5c6c7ccccc7c7ccccc7c6n(-c6cccc(-c7nc(-c8ccccc8)c8ccccc8n7)c6)c5ccc43)c2)cc1. The van der Waals surface area contributed by atoms with Crippen molar-refractivity contribution >= 4 is 76.1 Å². The molecule has 316 valence electrons. The normalized spacial score (nSPS) is 11.8. The zero-order chi connectivity index (χ0) is 44.7. The van der Waals surface area contributed by atoms with E-state index in [4.69, 9.17) is 9.97 Å². The van der Waals surface area contributed by atoms with Crippen molar-refractivity contribution in [1.29, 1.82) is 0 Å². The summed E-state index contributed by atoms with van der Waals surface area (Å²) in [6.45, 7) is 0. The van der Waals surface area contributed by atoms with Gasteiger partial charge in [-0.2, -0.15) is 0 Å². The molecule has 4 heteroatoms. The lowest BCUT2D eigenvalue weighted by Gasteiger charge is -2.14. The molecule has 11 aromatic carbocycles. The van der Waals surface area contributed by atoms with Gasteiger partial charge < -0.3 is 9.13 Å². The summed E-state index contributed by atoms with van der Waals surface area (Å²) in [6.07, 6.45) is 0. The molecule has 14 rings (SSSR count). The topological polar surface area (TPSA) is 35.6 Å². The van der Waals surface area contributed by atoms with E-state index < -0.39 is 0 Å². The summed E-state index contributed by atoms with van der Waals surface area (Å²) in [5, 5.41) is 10.9. The summed E-state index contributed by atoms with van der Waals surface area (Å²) >= 11 is 0. The third-order valence-electron chi connectivity index (χ3n) is 13.8. The molecule has 14 aromatic rings. The van der Waals surface area contributed by atoms with E-state index in [-0.39, 0.29) is 0 Å².